The Morgan fingerprint density at radius 1 is 1.43 bits per heavy atom. The third-order valence-corrected chi connectivity index (χ3v) is 3.57. The van der Waals surface area contributed by atoms with Crippen molar-refractivity contribution in [2.75, 3.05) is 6.54 Å². The van der Waals surface area contributed by atoms with E-state index >= 15 is 0 Å². The summed E-state index contributed by atoms with van der Waals surface area (Å²) in [5.41, 5.74) is 2.15. The van der Waals surface area contributed by atoms with Crippen LogP contribution in [-0.4, -0.2) is 28.0 Å². The van der Waals surface area contributed by atoms with Gasteiger partial charge in [0.05, 0.1) is 0 Å². The number of amides is 1. The molecule has 0 aliphatic carbocycles. The van der Waals surface area contributed by atoms with Crippen molar-refractivity contribution in [3.8, 4) is 5.69 Å². The van der Waals surface area contributed by atoms with Crippen LogP contribution in [0.2, 0.25) is 0 Å². The van der Waals surface area contributed by atoms with Crippen LogP contribution >= 0.6 is 0 Å². The van der Waals surface area contributed by atoms with Gasteiger partial charge in [-0.15, -0.1) is 0 Å². The number of benzene rings is 1. The van der Waals surface area contributed by atoms with Crippen molar-refractivity contribution < 1.29 is 4.79 Å². The van der Waals surface area contributed by atoms with Gasteiger partial charge in [-0.25, -0.2) is 4.98 Å². The fraction of sp³-hybridized carbons (Fsp3) is 0.250. The fourth-order valence-electron chi connectivity index (χ4n) is 2.37. The van der Waals surface area contributed by atoms with Gasteiger partial charge in [0.1, 0.15) is 11.9 Å². The van der Waals surface area contributed by atoms with Crippen LogP contribution in [0.5, 0.6) is 0 Å². The van der Waals surface area contributed by atoms with Crippen molar-refractivity contribution in [1.82, 2.24) is 20.2 Å². The molecule has 2 N–H and O–H groups in total. The van der Waals surface area contributed by atoms with E-state index in [2.05, 4.69) is 15.6 Å². The van der Waals surface area contributed by atoms with Crippen LogP contribution in [0.15, 0.2) is 48.8 Å². The van der Waals surface area contributed by atoms with E-state index in [0.29, 0.717) is 6.54 Å². The van der Waals surface area contributed by atoms with Crippen molar-refractivity contribution in [1.29, 1.82) is 0 Å². The third-order valence-electron chi connectivity index (χ3n) is 3.57. The summed E-state index contributed by atoms with van der Waals surface area (Å²) >= 11 is 0. The lowest BCUT2D eigenvalue weighted by Gasteiger charge is -2.11. The summed E-state index contributed by atoms with van der Waals surface area (Å²) in [6.45, 7) is 3.27. The molecule has 3 rings (SSSR count). The number of hydrogen-bond donors (Lipinski definition) is 2. The van der Waals surface area contributed by atoms with Crippen LogP contribution in [0, 0.1) is 6.92 Å². The minimum Gasteiger partial charge on any atom is -0.350 e. The highest BCUT2D eigenvalue weighted by Gasteiger charge is 2.16. The topological polar surface area (TPSA) is 59.0 Å². The average molecular weight is 282 g/mol. The number of aromatic nitrogens is 2. The lowest BCUT2D eigenvalue weighted by Crippen LogP contribution is -2.40. The zero-order valence-electron chi connectivity index (χ0n) is 11.9. The van der Waals surface area contributed by atoms with Crippen LogP contribution < -0.4 is 10.6 Å². The first-order valence-corrected chi connectivity index (χ1v) is 7.01. The molecule has 1 aromatic heterocycles. The monoisotopic (exact) mass is 282 g/mol. The molecule has 108 valence electrons. The van der Waals surface area contributed by atoms with Crippen LogP contribution in [-0.2, 0) is 11.3 Å². The Hall–Kier alpha value is -2.40. The minimum absolute atomic E-state index is 0.0123. The van der Waals surface area contributed by atoms with E-state index in [1.807, 2.05) is 54.1 Å². The largest absolute Gasteiger partial charge is 0.350 e. The van der Waals surface area contributed by atoms with Gasteiger partial charge in [0.15, 0.2) is 0 Å². The van der Waals surface area contributed by atoms with Crippen LogP contribution in [0.1, 0.15) is 11.4 Å². The van der Waals surface area contributed by atoms with E-state index in [1.54, 1.807) is 6.20 Å². The molecule has 2 heterocycles. The lowest BCUT2D eigenvalue weighted by atomic mass is 10.2. The van der Waals surface area contributed by atoms with Gasteiger partial charge in [-0.3, -0.25) is 10.1 Å². The van der Waals surface area contributed by atoms with Crippen molar-refractivity contribution in [2.24, 2.45) is 0 Å². The summed E-state index contributed by atoms with van der Waals surface area (Å²) in [5.74, 6) is 0.966. The predicted octanol–water partition coefficient (Wildman–Crippen LogP) is 1.32. The molecular formula is C16H18N4O. The van der Waals surface area contributed by atoms with Crippen LogP contribution in [0.4, 0.5) is 0 Å². The maximum atomic E-state index is 11.9. The molecule has 0 radical (unpaired) electrons. The zero-order chi connectivity index (χ0) is 14.7. The molecule has 1 aromatic carbocycles. The van der Waals surface area contributed by atoms with Crippen molar-refractivity contribution >= 4 is 5.91 Å². The normalized spacial score (nSPS) is 17.1. The Kier molecular flexibility index (Phi) is 3.83. The fourth-order valence-corrected chi connectivity index (χ4v) is 2.37. The molecule has 5 heteroatoms. The standard InChI is InChI=1S/C16H18N4O/c1-12-17-9-10-20(12)14-6-4-13(5-7-14)11-19-16(21)15-3-2-8-18-15/h2-7,9-10,15,18H,8,11H2,1H3,(H,19,21)/t15-/m0/s1. The van der Waals surface area contributed by atoms with E-state index in [4.69, 9.17) is 0 Å². The molecule has 1 atom stereocenters. The van der Waals surface area contributed by atoms with Crippen LogP contribution in [0.25, 0.3) is 5.69 Å². The number of hydrogen-bond acceptors (Lipinski definition) is 3. The second kappa shape index (κ2) is 5.93. The molecular weight excluding hydrogens is 264 g/mol. The second-order valence-electron chi connectivity index (χ2n) is 5.04. The first-order chi connectivity index (χ1) is 10.2. The highest BCUT2D eigenvalue weighted by atomic mass is 16.2. The second-order valence-corrected chi connectivity index (χ2v) is 5.04. The van der Waals surface area contributed by atoms with Gasteiger partial charge in [0.2, 0.25) is 5.91 Å². The SMILES string of the molecule is Cc1nccn1-c1ccc(CNC(=O)[C@@H]2C=CCN2)cc1. The molecule has 0 fully saturated rings. The maximum absolute atomic E-state index is 11.9. The van der Waals surface area contributed by atoms with Crippen molar-refractivity contribution in [3.63, 3.8) is 0 Å². The third kappa shape index (κ3) is 3.03. The van der Waals surface area contributed by atoms with Crippen molar-refractivity contribution in [2.45, 2.75) is 19.5 Å². The van der Waals surface area contributed by atoms with Crippen LogP contribution in [0.3, 0.4) is 0 Å². The van der Waals surface area contributed by atoms with Gasteiger partial charge in [-0.1, -0.05) is 24.3 Å². The number of rotatable bonds is 4. The van der Waals surface area contributed by atoms with Gasteiger partial charge in [0, 0.05) is 31.2 Å². The first-order valence-electron chi connectivity index (χ1n) is 7.01. The van der Waals surface area contributed by atoms with Gasteiger partial charge < -0.3 is 9.88 Å². The quantitative estimate of drug-likeness (QED) is 0.832. The van der Waals surface area contributed by atoms with Crippen molar-refractivity contribution in [3.05, 3.63) is 60.2 Å². The lowest BCUT2D eigenvalue weighted by molar-refractivity contribution is -0.122. The van der Waals surface area contributed by atoms with Gasteiger partial charge in [-0.2, -0.15) is 0 Å². The van der Waals surface area contributed by atoms with Gasteiger partial charge >= 0.3 is 0 Å². The molecule has 1 aliphatic rings. The predicted molar refractivity (Wildman–Crippen MR) is 81.1 cm³/mol. The molecule has 0 spiro atoms. The highest BCUT2D eigenvalue weighted by Crippen LogP contribution is 2.11. The number of aryl methyl sites for hydroxylation is 1. The molecule has 1 amide bonds. The average Bonchev–Trinajstić information content (AvgIpc) is 3.17. The summed E-state index contributed by atoms with van der Waals surface area (Å²) in [4.78, 5) is 16.1. The maximum Gasteiger partial charge on any atom is 0.241 e. The Labute approximate surface area is 123 Å². The molecule has 21 heavy (non-hydrogen) atoms. The summed E-state index contributed by atoms with van der Waals surface area (Å²) in [7, 11) is 0. The molecule has 0 saturated heterocycles. The Balaban J connectivity index is 1.61. The highest BCUT2D eigenvalue weighted by molar-refractivity contribution is 5.84. The van der Waals surface area contributed by atoms with E-state index in [0.717, 1.165) is 23.6 Å². The summed E-state index contributed by atoms with van der Waals surface area (Å²) in [6, 6.07) is 7.91. The Bertz CT molecular complexity index is 657. The number of carbonyl (C=O) groups excluding carboxylic acids is 1. The molecule has 1 aliphatic heterocycles. The summed E-state index contributed by atoms with van der Waals surface area (Å²) in [6.07, 6.45) is 7.57. The Morgan fingerprint density at radius 2 is 2.24 bits per heavy atom. The summed E-state index contributed by atoms with van der Waals surface area (Å²) in [5, 5.41) is 6.03. The Morgan fingerprint density at radius 3 is 2.86 bits per heavy atom. The molecule has 2 aromatic rings. The molecule has 0 bridgehead atoms. The number of nitrogens with zero attached hydrogens (tertiary/aromatic N) is 2. The molecule has 5 nitrogen and oxygen atoms in total. The first kappa shape index (κ1) is 13.6. The smallest absolute Gasteiger partial charge is 0.241 e. The van der Waals surface area contributed by atoms with E-state index in [1.165, 1.54) is 0 Å². The number of imidazole rings is 1. The summed E-state index contributed by atoms with van der Waals surface area (Å²) < 4.78 is 2.02. The van der Waals surface area contributed by atoms with E-state index in [9.17, 15) is 4.79 Å². The van der Waals surface area contributed by atoms with Gasteiger partial charge in [-0.05, 0) is 24.6 Å². The number of carbonyl (C=O) groups is 1. The zero-order valence-corrected chi connectivity index (χ0v) is 11.9. The van der Waals surface area contributed by atoms with Gasteiger partial charge in [0.25, 0.3) is 0 Å². The minimum atomic E-state index is -0.196. The molecule has 0 unspecified atom stereocenters. The van der Waals surface area contributed by atoms with E-state index < -0.39 is 0 Å². The number of nitrogens with one attached hydrogen (secondary N) is 2. The molecule has 0 saturated carbocycles. The van der Waals surface area contributed by atoms with E-state index in [-0.39, 0.29) is 11.9 Å².